The molecule has 3 rings (SSSR count). The van der Waals surface area contributed by atoms with E-state index in [0.717, 1.165) is 0 Å². The van der Waals surface area contributed by atoms with Crippen molar-refractivity contribution in [2.45, 2.75) is 6.92 Å². The maximum Gasteiger partial charge on any atom is 0.293 e. The van der Waals surface area contributed by atoms with E-state index in [1.54, 1.807) is 55.5 Å². The zero-order valence-corrected chi connectivity index (χ0v) is 15.7. The van der Waals surface area contributed by atoms with Crippen molar-refractivity contribution in [3.05, 3.63) is 60.4 Å². The third-order valence-corrected chi connectivity index (χ3v) is 4.02. The minimum absolute atomic E-state index is 0.0103. The summed E-state index contributed by atoms with van der Waals surface area (Å²) < 4.78 is 16.2. The van der Waals surface area contributed by atoms with E-state index >= 15 is 0 Å². The Labute approximate surface area is 161 Å². The van der Waals surface area contributed by atoms with E-state index < -0.39 is 5.91 Å². The minimum atomic E-state index is -0.529. The number of anilines is 2. The smallest absolute Gasteiger partial charge is 0.293 e. The molecule has 7 heteroatoms. The number of furan rings is 1. The van der Waals surface area contributed by atoms with Gasteiger partial charge < -0.3 is 24.5 Å². The number of nitrogens with one attached hydrogen (secondary N) is 2. The van der Waals surface area contributed by atoms with Crippen molar-refractivity contribution in [1.82, 2.24) is 0 Å². The molecule has 144 valence electrons. The molecular formula is C21H20N2O5. The van der Waals surface area contributed by atoms with Gasteiger partial charge >= 0.3 is 0 Å². The lowest BCUT2D eigenvalue weighted by atomic mass is 10.2. The topological polar surface area (TPSA) is 89.8 Å². The molecule has 0 atom stereocenters. The van der Waals surface area contributed by atoms with Crippen molar-refractivity contribution in [3.63, 3.8) is 0 Å². The second-order valence-electron chi connectivity index (χ2n) is 5.81. The third-order valence-electron chi connectivity index (χ3n) is 4.02. The van der Waals surface area contributed by atoms with Crippen LogP contribution in [-0.4, -0.2) is 26.0 Å². The summed E-state index contributed by atoms with van der Waals surface area (Å²) in [6.07, 6.45) is 2.98. The van der Waals surface area contributed by atoms with Crippen molar-refractivity contribution in [1.29, 1.82) is 0 Å². The maximum atomic E-state index is 12.9. The van der Waals surface area contributed by atoms with Crippen LogP contribution in [0.25, 0.3) is 11.0 Å². The molecule has 0 aliphatic carbocycles. The first kappa shape index (κ1) is 19.0. The molecule has 2 amide bonds. The normalized spacial score (nSPS) is 10.8. The molecule has 1 aromatic heterocycles. The van der Waals surface area contributed by atoms with Gasteiger partial charge in [0, 0.05) is 11.5 Å². The number of carbonyl (C=O) groups excluding carboxylic acids is 2. The van der Waals surface area contributed by atoms with Gasteiger partial charge in [-0.15, -0.1) is 0 Å². The van der Waals surface area contributed by atoms with Gasteiger partial charge in [-0.25, -0.2) is 0 Å². The largest absolute Gasteiger partial charge is 0.497 e. The van der Waals surface area contributed by atoms with Gasteiger partial charge in [-0.05, 0) is 37.3 Å². The van der Waals surface area contributed by atoms with Crippen molar-refractivity contribution in [2.24, 2.45) is 0 Å². The van der Waals surface area contributed by atoms with Crippen molar-refractivity contribution in [3.8, 4) is 11.5 Å². The molecule has 7 nitrogen and oxygen atoms in total. The van der Waals surface area contributed by atoms with Crippen LogP contribution in [0.15, 0.2) is 59.0 Å². The number of para-hydroxylation sites is 1. The number of amides is 2. The Morgan fingerprint density at radius 1 is 1.04 bits per heavy atom. The predicted molar refractivity (Wildman–Crippen MR) is 107 cm³/mol. The van der Waals surface area contributed by atoms with Gasteiger partial charge in [-0.1, -0.05) is 18.2 Å². The minimum Gasteiger partial charge on any atom is -0.497 e. The third kappa shape index (κ3) is 3.83. The SMILES string of the molecule is C/C=C/C(=O)Nc1c(C(=O)Nc2cc(OC)ccc2OC)oc2ccccc12. The van der Waals surface area contributed by atoms with Crippen LogP contribution in [0.1, 0.15) is 17.5 Å². The first-order valence-corrected chi connectivity index (χ1v) is 8.56. The van der Waals surface area contributed by atoms with Crippen LogP contribution >= 0.6 is 0 Å². The highest BCUT2D eigenvalue weighted by molar-refractivity contribution is 6.16. The van der Waals surface area contributed by atoms with Crippen molar-refractivity contribution >= 4 is 34.2 Å². The summed E-state index contributed by atoms with van der Waals surface area (Å²) >= 11 is 0. The summed E-state index contributed by atoms with van der Waals surface area (Å²) in [6.45, 7) is 1.73. The molecule has 2 N–H and O–H groups in total. The van der Waals surface area contributed by atoms with Crippen LogP contribution in [0.4, 0.5) is 11.4 Å². The average molecular weight is 380 g/mol. The Morgan fingerprint density at radius 3 is 2.54 bits per heavy atom. The zero-order chi connectivity index (χ0) is 20.1. The van der Waals surface area contributed by atoms with E-state index in [2.05, 4.69) is 10.6 Å². The first-order chi connectivity index (χ1) is 13.6. The highest BCUT2D eigenvalue weighted by Gasteiger charge is 2.23. The summed E-state index contributed by atoms with van der Waals surface area (Å²) in [5, 5.41) is 6.10. The van der Waals surface area contributed by atoms with E-state index in [0.29, 0.717) is 33.8 Å². The number of methoxy groups -OCH3 is 2. The molecule has 28 heavy (non-hydrogen) atoms. The summed E-state index contributed by atoms with van der Waals surface area (Å²) in [5.74, 6) is 0.122. The Morgan fingerprint density at radius 2 is 1.82 bits per heavy atom. The lowest BCUT2D eigenvalue weighted by Gasteiger charge is -2.11. The number of carbonyl (C=O) groups is 2. The van der Waals surface area contributed by atoms with E-state index in [1.165, 1.54) is 20.3 Å². The van der Waals surface area contributed by atoms with Gasteiger partial charge in [0.05, 0.1) is 19.9 Å². The van der Waals surface area contributed by atoms with Gasteiger partial charge in [-0.2, -0.15) is 0 Å². The lowest BCUT2D eigenvalue weighted by Crippen LogP contribution is -2.16. The van der Waals surface area contributed by atoms with Gasteiger partial charge in [0.1, 0.15) is 22.8 Å². The van der Waals surface area contributed by atoms with Gasteiger partial charge in [-0.3, -0.25) is 9.59 Å². The quantitative estimate of drug-likeness (QED) is 0.625. The first-order valence-electron chi connectivity index (χ1n) is 8.56. The Kier molecular flexibility index (Phi) is 5.64. The standard InChI is InChI=1S/C21H20N2O5/c1-4-7-18(24)23-19-14-8-5-6-9-16(14)28-20(19)21(25)22-15-12-13(26-2)10-11-17(15)27-3/h4-12H,1-3H3,(H,22,25)(H,23,24)/b7-4+. The Hall–Kier alpha value is -3.74. The molecule has 0 bridgehead atoms. The highest BCUT2D eigenvalue weighted by Crippen LogP contribution is 2.33. The number of ether oxygens (including phenoxy) is 2. The maximum absolute atomic E-state index is 12.9. The molecule has 3 aromatic rings. The number of hydrogen-bond donors (Lipinski definition) is 2. The fourth-order valence-corrected chi connectivity index (χ4v) is 2.74. The van der Waals surface area contributed by atoms with Crippen LogP contribution in [0, 0.1) is 0 Å². The van der Waals surface area contributed by atoms with Crippen LogP contribution < -0.4 is 20.1 Å². The molecule has 0 fully saturated rings. The average Bonchev–Trinajstić information content (AvgIpc) is 3.06. The molecule has 0 aliphatic heterocycles. The van der Waals surface area contributed by atoms with E-state index in [-0.39, 0.29) is 11.7 Å². The van der Waals surface area contributed by atoms with Gasteiger partial charge in [0.25, 0.3) is 5.91 Å². The lowest BCUT2D eigenvalue weighted by molar-refractivity contribution is -0.111. The van der Waals surface area contributed by atoms with Crippen molar-refractivity contribution < 1.29 is 23.5 Å². The number of hydrogen-bond acceptors (Lipinski definition) is 5. The van der Waals surface area contributed by atoms with Crippen LogP contribution in [0.3, 0.4) is 0 Å². The van der Waals surface area contributed by atoms with Gasteiger partial charge in [0.2, 0.25) is 11.7 Å². The second-order valence-corrected chi connectivity index (χ2v) is 5.81. The molecule has 0 aliphatic rings. The molecular weight excluding hydrogens is 360 g/mol. The number of fused-ring (bicyclic) bond motifs is 1. The molecule has 0 radical (unpaired) electrons. The molecule has 2 aromatic carbocycles. The number of allylic oxidation sites excluding steroid dienone is 1. The van der Waals surface area contributed by atoms with E-state index in [1.807, 2.05) is 0 Å². The number of rotatable bonds is 6. The van der Waals surface area contributed by atoms with E-state index in [4.69, 9.17) is 13.9 Å². The zero-order valence-electron chi connectivity index (χ0n) is 15.7. The van der Waals surface area contributed by atoms with Crippen LogP contribution in [-0.2, 0) is 4.79 Å². The molecule has 0 unspecified atom stereocenters. The highest BCUT2D eigenvalue weighted by atomic mass is 16.5. The molecule has 0 spiro atoms. The predicted octanol–water partition coefficient (Wildman–Crippen LogP) is 4.22. The van der Waals surface area contributed by atoms with Gasteiger partial charge in [0.15, 0.2) is 0 Å². The molecule has 0 saturated carbocycles. The summed E-state index contributed by atoms with van der Waals surface area (Å²) in [7, 11) is 3.03. The Balaban J connectivity index is 2.01. The van der Waals surface area contributed by atoms with Crippen LogP contribution in [0.2, 0.25) is 0 Å². The fraction of sp³-hybridized carbons (Fsp3) is 0.143. The molecule has 0 saturated heterocycles. The summed E-state index contributed by atoms with van der Waals surface area (Å²) in [5.41, 5.74) is 1.21. The van der Waals surface area contributed by atoms with Crippen LogP contribution in [0.5, 0.6) is 11.5 Å². The van der Waals surface area contributed by atoms with E-state index in [9.17, 15) is 9.59 Å². The second kappa shape index (κ2) is 8.30. The number of benzene rings is 2. The summed E-state index contributed by atoms with van der Waals surface area (Å²) in [6, 6.07) is 12.1. The molecule has 1 heterocycles. The Bertz CT molecular complexity index is 1050. The fourth-order valence-electron chi connectivity index (χ4n) is 2.74. The monoisotopic (exact) mass is 380 g/mol. The summed E-state index contributed by atoms with van der Waals surface area (Å²) in [4.78, 5) is 25.0. The van der Waals surface area contributed by atoms with Crippen molar-refractivity contribution in [2.75, 3.05) is 24.9 Å².